The lowest BCUT2D eigenvalue weighted by molar-refractivity contribution is -0.130. The zero-order valence-electron chi connectivity index (χ0n) is 14.6. The van der Waals surface area contributed by atoms with Crippen LogP contribution in [0.1, 0.15) is 24.0 Å². The standard InChI is InChI=1S/C20H20BrF2NO3/c21-16-5-3-15(4-6-16)20(9-11-26-12-10-20)18(25)24-13-14-1-7-17(8-2-14)27-19(22)23/h1-8,19H,9-13H2,(H,24,25). The fraction of sp³-hybridized carbons (Fsp3) is 0.350. The van der Waals surface area contributed by atoms with E-state index in [1.54, 1.807) is 12.1 Å². The topological polar surface area (TPSA) is 47.6 Å². The maximum atomic E-state index is 13.1. The molecule has 0 radical (unpaired) electrons. The molecular formula is C20H20BrF2NO3. The molecule has 0 aliphatic carbocycles. The zero-order chi connectivity index (χ0) is 19.3. The monoisotopic (exact) mass is 439 g/mol. The molecule has 0 bridgehead atoms. The Morgan fingerprint density at radius 3 is 2.33 bits per heavy atom. The third-order valence-electron chi connectivity index (χ3n) is 4.78. The molecule has 1 aliphatic heterocycles. The Bertz CT molecular complexity index is 760. The van der Waals surface area contributed by atoms with E-state index in [-0.39, 0.29) is 11.7 Å². The largest absolute Gasteiger partial charge is 0.435 e. The number of hydrogen-bond acceptors (Lipinski definition) is 3. The van der Waals surface area contributed by atoms with Crippen LogP contribution in [-0.2, 0) is 21.5 Å². The van der Waals surface area contributed by atoms with Gasteiger partial charge in [-0.15, -0.1) is 0 Å². The highest BCUT2D eigenvalue weighted by Gasteiger charge is 2.41. The molecule has 1 heterocycles. The number of amides is 1. The summed E-state index contributed by atoms with van der Waals surface area (Å²) in [5.74, 6) is 0.0388. The summed E-state index contributed by atoms with van der Waals surface area (Å²) in [6, 6.07) is 14.0. The molecule has 0 aromatic heterocycles. The first kappa shape index (κ1) is 19.8. The molecule has 1 aliphatic rings. The smallest absolute Gasteiger partial charge is 0.387 e. The molecule has 1 saturated heterocycles. The van der Waals surface area contributed by atoms with Crippen molar-refractivity contribution in [3.63, 3.8) is 0 Å². The van der Waals surface area contributed by atoms with E-state index in [4.69, 9.17) is 4.74 Å². The number of rotatable bonds is 6. The van der Waals surface area contributed by atoms with Crippen LogP contribution in [0.3, 0.4) is 0 Å². The van der Waals surface area contributed by atoms with Crippen LogP contribution in [-0.4, -0.2) is 25.7 Å². The molecule has 0 unspecified atom stereocenters. The van der Waals surface area contributed by atoms with E-state index in [0.29, 0.717) is 32.6 Å². The average molecular weight is 440 g/mol. The Morgan fingerprint density at radius 1 is 1.11 bits per heavy atom. The van der Waals surface area contributed by atoms with E-state index in [1.165, 1.54) is 12.1 Å². The number of alkyl halides is 2. The number of benzene rings is 2. The van der Waals surface area contributed by atoms with Crippen molar-refractivity contribution >= 4 is 21.8 Å². The number of hydrogen-bond donors (Lipinski definition) is 1. The van der Waals surface area contributed by atoms with Crippen LogP contribution in [0.4, 0.5) is 8.78 Å². The molecule has 2 aromatic rings. The summed E-state index contributed by atoms with van der Waals surface area (Å²) >= 11 is 3.42. The predicted octanol–water partition coefficient (Wildman–Crippen LogP) is 4.42. The van der Waals surface area contributed by atoms with Gasteiger partial charge in [0.05, 0.1) is 5.41 Å². The van der Waals surface area contributed by atoms with E-state index in [2.05, 4.69) is 26.0 Å². The van der Waals surface area contributed by atoms with E-state index < -0.39 is 12.0 Å². The maximum absolute atomic E-state index is 13.1. The second-order valence-corrected chi connectivity index (χ2v) is 7.32. The van der Waals surface area contributed by atoms with Crippen LogP contribution in [0.15, 0.2) is 53.0 Å². The van der Waals surface area contributed by atoms with Crippen LogP contribution in [0.25, 0.3) is 0 Å². The van der Waals surface area contributed by atoms with Crippen molar-refractivity contribution < 1.29 is 23.0 Å². The molecule has 0 atom stereocenters. The van der Waals surface area contributed by atoms with E-state index in [9.17, 15) is 13.6 Å². The molecular weight excluding hydrogens is 420 g/mol. The third-order valence-corrected chi connectivity index (χ3v) is 5.31. The van der Waals surface area contributed by atoms with Gasteiger partial charge in [-0.2, -0.15) is 8.78 Å². The van der Waals surface area contributed by atoms with Crippen LogP contribution < -0.4 is 10.1 Å². The van der Waals surface area contributed by atoms with Crippen molar-refractivity contribution in [2.45, 2.75) is 31.4 Å². The molecule has 4 nitrogen and oxygen atoms in total. The first-order chi connectivity index (χ1) is 13.0. The minimum absolute atomic E-state index is 0.0546. The van der Waals surface area contributed by atoms with Crippen molar-refractivity contribution in [2.24, 2.45) is 0 Å². The lowest BCUT2D eigenvalue weighted by atomic mass is 9.73. The predicted molar refractivity (Wildman–Crippen MR) is 101 cm³/mol. The molecule has 7 heteroatoms. The molecule has 0 spiro atoms. The molecule has 1 amide bonds. The van der Waals surface area contributed by atoms with Gasteiger partial charge in [0.2, 0.25) is 5.91 Å². The molecule has 144 valence electrons. The van der Waals surface area contributed by atoms with Gasteiger partial charge >= 0.3 is 6.61 Å². The van der Waals surface area contributed by atoms with Crippen molar-refractivity contribution in [1.82, 2.24) is 5.32 Å². The van der Waals surface area contributed by atoms with Gasteiger partial charge in [0.1, 0.15) is 5.75 Å². The first-order valence-electron chi connectivity index (χ1n) is 8.65. The first-order valence-corrected chi connectivity index (χ1v) is 9.45. The Hall–Kier alpha value is -1.99. The normalized spacial score (nSPS) is 16.1. The second kappa shape index (κ2) is 8.80. The highest BCUT2D eigenvalue weighted by molar-refractivity contribution is 9.10. The number of carbonyl (C=O) groups is 1. The summed E-state index contributed by atoms with van der Waals surface area (Å²) in [4.78, 5) is 13.1. The maximum Gasteiger partial charge on any atom is 0.387 e. The summed E-state index contributed by atoms with van der Waals surface area (Å²) in [6.45, 7) is -1.48. The minimum atomic E-state index is -2.85. The lowest BCUT2D eigenvalue weighted by Crippen LogP contribution is -2.47. The Balaban J connectivity index is 1.70. The summed E-state index contributed by atoms with van der Waals surface area (Å²) in [7, 11) is 0. The fourth-order valence-corrected chi connectivity index (χ4v) is 3.54. The van der Waals surface area contributed by atoms with E-state index in [1.807, 2.05) is 24.3 Å². The number of carbonyl (C=O) groups excluding carboxylic acids is 1. The van der Waals surface area contributed by atoms with Crippen molar-refractivity contribution in [3.8, 4) is 5.75 Å². The van der Waals surface area contributed by atoms with Crippen LogP contribution in [0.2, 0.25) is 0 Å². The molecule has 0 saturated carbocycles. The third kappa shape index (κ3) is 4.84. The SMILES string of the molecule is O=C(NCc1ccc(OC(F)F)cc1)C1(c2ccc(Br)cc2)CCOCC1. The summed E-state index contributed by atoms with van der Waals surface area (Å²) in [5, 5.41) is 2.99. The van der Waals surface area contributed by atoms with Gasteiger partial charge in [-0.1, -0.05) is 40.2 Å². The van der Waals surface area contributed by atoms with Crippen LogP contribution >= 0.6 is 15.9 Å². The minimum Gasteiger partial charge on any atom is -0.435 e. The number of halogens is 3. The fourth-order valence-electron chi connectivity index (χ4n) is 3.28. The molecule has 27 heavy (non-hydrogen) atoms. The van der Waals surface area contributed by atoms with Gasteiger partial charge in [0.15, 0.2) is 0 Å². The molecule has 3 rings (SSSR count). The summed E-state index contributed by atoms with van der Waals surface area (Å²) < 4.78 is 35.2. The second-order valence-electron chi connectivity index (χ2n) is 6.41. The molecule has 1 N–H and O–H groups in total. The Kier molecular flexibility index (Phi) is 6.44. The highest BCUT2D eigenvalue weighted by atomic mass is 79.9. The summed E-state index contributed by atoms with van der Waals surface area (Å²) in [6.07, 6.45) is 1.23. The number of ether oxygens (including phenoxy) is 2. The summed E-state index contributed by atoms with van der Waals surface area (Å²) in [5.41, 5.74) is 1.15. The zero-order valence-corrected chi connectivity index (χ0v) is 16.2. The quantitative estimate of drug-likeness (QED) is 0.724. The van der Waals surface area contributed by atoms with Crippen molar-refractivity contribution in [1.29, 1.82) is 0 Å². The molecule has 2 aromatic carbocycles. The Morgan fingerprint density at radius 2 is 1.74 bits per heavy atom. The van der Waals surface area contributed by atoms with Gasteiger partial charge in [-0.3, -0.25) is 4.79 Å². The van der Waals surface area contributed by atoms with E-state index in [0.717, 1.165) is 15.6 Å². The van der Waals surface area contributed by atoms with Gasteiger partial charge in [0.25, 0.3) is 0 Å². The number of nitrogens with one attached hydrogen (secondary N) is 1. The van der Waals surface area contributed by atoms with Gasteiger partial charge in [0, 0.05) is 24.2 Å². The Labute approximate surface area is 165 Å². The highest BCUT2D eigenvalue weighted by Crippen LogP contribution is 2.36. The van der Waals surface area contributed by atoms with Crippen molar-refractivity contribution in [3.05, 3.63) is 64.1 Å². The average Bonchev–Trinajstić information content (AvgIpc) is 2.68. The molecule has 1 fully saturated rings. The lowest BCUT2D eigenvalue weighted by Gasteiger charge is -2.36. The van der Waals surface area contributed by atoms with Crippen LogP contribution in [0.5, 0.6) is 5.75 Å². The van der Waals surface area contributed by atoms with E-state index >= 15 is 0 Å². The van der Waals surface area contributed by atoms with Crippen LogP contribution in [0, 0.1) is 0 Å². The van der Waals surface area contributed by atoms with Gasteiger partial charge in [-0.05, 0) is 48.2 Å². The van der Waals surface area contributed by atoms with Gasteiger partial charge in [-0.25, -0.2) is 0 Å². The van der Waals surface area contributed by atoms with Gasteiger partial charge < -0.3 is 14.8 Å². The van der Waals surface area contributed by atoms with Crippen molar-refractivity contribution in [2.75, 3.05) is 13.2 Å².